The molecular formula is C36H45BF6O7S2. The van der Waals surface area contributed by atoms with E-state index in [4.69, 9.17) is 12.9 Å². The van der Waals surface area contributed by atoms with Crippen LogP contribution in [0, 0.1) is 0 Å². The van der Waals surface area contributed by atoms with Crippen LogP contribution in [0.25, 0.3) is 0 Å². The second-order valence-corrected chi connectivity index (χ2v) is 18.2. The summed E-state index contributed by atoms with van der Waals surface area (Å²) in [5.41, 5.74) is 2.18. The van der Waals surface area contributed by atoms with E-state index in [0.29, 0.717) is 6.42 Å². The molecule has 0 bridgehead atoms. The van der Waals surface area contributed by atoms with Gasteiger partial charge in [-0.1, -0.05) is 91.0 Å². The molecule has 0 fully saturated rings. The molecule has 0 aromatic heterocycles. The topological polar surface area (TPSA) is 109 Å². The quantitative estimate of drug-likeness (QED) is 0.0325. The van der Waals surface area contributed by atoms with Crippen LogP contribution < -0.4 is 0 Å². The predicted molar refractivity (Wildman–Crippen MR) is 196 cm³/mol. The van der Waals surface area contributed by atoms with Gasteiger partial charge in [0.1, 0.15) is 0 Å². The van der Waals surface area contributed by atoms with Gasteiger partial charge in [-0.3, -0.25) is 0 Å². The molecule has 7 nitrogen and oxygen atoms in total. The molecule has 288 valence electrons. The molecule has 0 saturated carbocycles. The Hall–Kier alpha value is -2.80. The first-order chi connectivity index (χ1) is 25.0. The van der Waals surface area contributed by atoms with E-state index in [9.17, 15) is 46.8 Å². The van der Waals surface area contributed by atoms with Crippen molar-refractivity contribution in [1.82, 2.24) is 0 Å². The number of aliphatic hydroxyl groups is 4. The summed E-state index contributed by atoms with van der Waals surface area (Å²) in [5, 5.41) is 39.4. The summed E-state index contributed by atoms with van der Waals surface area (Å²) >= 11 is 0. The van der Waals surface area contributed by atoms with Crippen LogP contribution in [0.1, 0.15) is 29.5 Å². The lowest BCUT2D eigenvalue weighted by Crippen LogP contribution is -2.37. The Morgan fingerprint density at radius 1 is 0.538 bits per heavy atom. The molecule has 0 radical (unpaired) electrons. The van der Waals surface area contributed by atoms with E-state index in [0.717, 1.165) is 16.7 Å². The second-order valence-electron chi connectivity index (χ2n) is 11.7. The number of hydrogen-bond acceptors (Lipinski definition) is 7. The fourth-order valence-corrected chi connectivity index (χ4v) is 10.9. The van der Waals surface area contributed by atoms with Crippen LogP contribution >= 0.6 is 20.6 Å². The van der Waals surface area contributed by atoms with Gasteiger partial charge in [0.25, 0.3) is 0 Å². The van der Waals surface area contributed by atoms with Crippen LogP contribution in [-0.2, 0) is 18.3 Å². The van der Waals surface area contributed by atoms with Crippen molar-refractivity contribution in [2.24, 2.45) is 0 Å². The molecule has 3 aromatic rings. The molecule has 0 amide bonds. The number of benzene rings is 3. The van der Waals surface area contributed by atoms with Crippen LogP contribution in [0.15, 0.2) is 115 Å². The van der Waals surface area contributed by atoms with Crippen LogP contribution in [0.5, 0.6) is 0 Å². The Morgan fingerprint density at radius 3 is 1.15 bits per heavy atom. The third-order valence-corrected chi connectivity index (χ3v) is 14.8. The number of aliphatic hydroxyl groups excluding tert-OH is 4. The Labute approximate surface area is 304 Å². The standard InChI is InChI=1S/C36H45BF6O7S2/c38-32(34(40)41)27-51(23-18-44,24-19-45)49-37(50-52(25-20-46,26-21-47)28-33(39)35(42)43)48-22-10-17-36(29-11-4-1-5-12-29,30-13-6-2-7-14-30)31-15-8-3-9-16-31/h1-9,11-16,44-47H,10,17-28H2. The summed E-state index contributed by atoms with van der Waals surface area (Å²) in [4.78, 5) is 0. The van der Waals surface area contributed by atoms with E-state index >= 15 is 0 Å². The summed E-state index contributed by atoms with van der Waals surface area (Å²) in [7, 11) is -8.37. The summed E-state index contributed by atoms with van der Waals surface area (Å²) in [6, 6.07) is 29.2. The zero-order valence-electron chi connectivity index (χ0n) is 28.5. The van der Waals surface area contributed by atoms with Gasteiger partial charge in [-0.25, -0.2) is 8.78 Å². The molecular weight excluding hydrogens is 733 g/mol. The highest BCUT2D eigenvalue weighted by Crippen LogP contribution is 2.56. The van der Waals surface area contributed by atoms with E-state index < -0.39 is 118 Å². The average Bonchev–Trinajstić information content (AvgIpc) is 3.13. The Kier molecular flexibility index (Phi) is 18.3. The van der Waals surface area contributed by atoms with Gasteiger partial charge in [-0.15, -0.1) is 20.6 Å². The molecule has 16 heteroatoms. The molecule has 0 saturated heterocycles. The smallest absolute Gasteiger partial charge is 0.395 e. The van der Waals surface area contributed by atoms with Gasteiger partial charge in [-0.2, -0.15) is 17.6 Å². The average molecular weight is 779 g/mol. The minimum absolute atomic E-state index is 0.175. The second kappa shape index (κ2) is 21.8. The van der Waals surface area contributed by atoms with Gasteiger partial charge in [0.2, 0.25) is 0 Å². The largest absolute Gasteiger partial charge is 0.660 e. The highest BCUT2D eigenvalue weighted by Gasteiger charge is 2.42. The van der Waals surface area contributed by atoms with Crippen molar-refractivity contribution in [3.05, 3.63) is 132 Å². The van der Waals surface area contributed by atoms with Crippen molar-refractivity contribution in [2.75, 3.05) is 67.6 Å². The van der Waals surface area contributed by atoms with E-state index in [1.54, 1.807) is 0 Å². The summed E-state index contributed by atoms with van der Waals surface area (Å²) in [5.74, 6) is -7.45. The molecule has 0 aliphatic carbocycles. The van der Waals surface area contributed by atoms with Gasteiger partial charge in [0.15, 0.2) is 11.7 Å². The molecule has 0 spiro atoms. The van der Waals surface area contributed by atoms with Gasteiger partial charge < -0.3 is 33.3 Å². The number of halogens is 6. The summed E-state index contributed by atoms with van der Waals surface area (Å²) < 4.78 is 101. The van der Waals surface area contributed by atoms with Crippen LogP contribution in [0.4, 0.5) is 26.3 Å². The molecule has 52 heavy (non-hydrogen) atoms. The highest BCUT2D eigenvalue weighted by molar-refractivity contribution is 8.31. The molecule has 0 heterocycles. The lowest BCUT2D eigenvalue weighted by Gasteiger charge is -2.44. The van der Waals surface area contributed by atoms with E-state index in [2.05, 4.69) is 0 Å². The van der Waals surface area contributed by atoms with Crippen molar-refractivity contribution in [1.29, 1.82) is 0 Å². The van der Waals surface area contributed by atoms with Crippen molar-refractivity contribution >= 4 is 27.9 Å². The van der Waals surface area contributed by atoms with E-state index in [-0.39, 0.29) is 13.0 Å². The van der Waals surface area contributed by atoms with Crippen LogP contribution in [-0.4, -0.2) is 95.3 Å². The van der Waals surface area contributed by atoms with E-state index in [1.165, 1.54) is 0 Å². The van der Waals surface area contributed by atoms with Crippen molar-refractivity contribution < 1.29 is 59.6 Å². The summed E-state index contributed by atoms with van der Waals surface area (Å²) in [6.45, 7) is -2.87. The lowest BCUT2D eigenvalue weighted by molar-refractivity contribution is 0.203. The molecule has 0 aliphatic rings. The fraction of sp³-hybridized carbons (Fsp3) is 0.389. The van der Waals surface area contributed by atoms with Crippen molar-refractivity contribution in [2.45, 2.75) is 18.3 Å². The highest BCUT2D eigenvalue weighted by atomic mass is 32.3. The van der Waals surface area contributed by atoms with Crippen LogP contribution in [0.3, 0.4) is 0 Å². The van der Waals surface area contributed by atoms with Crippen molar-refractivity contribution in [3.8, 4) is 0 Å². The zero-order valence-corrected chi connectivity index (χ0v) is 30.2. The van der Waals surface area contributed by atoms with E-state index in [1.807, 2.05) is 91.0 Å². The van der Waals surface area contributed by atoms with Gasteiger partial charge in [0, 0.05) is 35.0 Å². The third-order valence-electron chi connectivity index (χ3n) is 8.36. The maximum Gasteiger partial charge on any atom is 0.660 e. The molecule has 0 aliphatic heterocycles. The molecule has 0 atom stereocenters. The maximum absolute atomic E-state index is 14.5. The fourth-order valence-electron chi connectivity index (χ4n) is 6.01. The normalized spacial score (nSPS) is 12.7. The first kappa shape index (κ1) is 43.6. The predicted octanol–water partition coefficient (Wildman–Crippen LogP) is 7.40. The van der Waals surface area contributed by atoms with Crippen LogP contribution in [0.2, 0.25) is 0 Å². The Balaban J connectivity index is 2.07. The number of hydrogen-bond donors (Lipinski definition) is 4. The lowest BCUT2D eigenvalue weighted by atomic mass is 9.67. The SMILES string of the molecule is OCCS(CCO)(CC(F)=C(F)F)OB(OCCCC(c1ccccc1)(c1ccccc1)c1ccccc1)OS(CCO)(CCO)CC(F)=C(F)F. The van der Waals surface area contributed by atoms with Gasteiger partial charge in [-0.05, 0) is 29.5 Å². The summed E-state index contributed by atoms with van der Waals surface area (Å²) in [6.07, 6.45) is -4.59. The monoisotopic (exact) mass is 778 g/mol. The van der Waals surface area contributed by atoms with Gasteiger partial charge >= 0.3 is 19.5 Å². The first-order valence-corrected chi connectivity index (χ1v) is 20.6. The van der Waals surface area contributed by atoms with Crippen molar-refractivity contribution in [3.63, 3.8) is 0 Å². The molecule has 4 N–H and O–H groups in total. The third kappa shape index (κ3) is 12.1. The minimum Gasteiger partial charge on any atom is -0.395 e. The first-order valence-electron chi connectivity index (χ1n) is 16.5. The minimum atomic E-state index is -3.21. The molecule has 0 unspecified atom stereocenters. The molecule has 3 aromatic carbocycles. The zero-order chi connectivity index (χ0) is 38.0. The number of rotatable bonds is 24. The van der Waals surface area contributed by atoms with Gasteiger partial charge in [0.05, 0.1) is 37.9 Å². The Morgan fingerprint density at radius 2 is 0.865 bits per heavy atom. The molecule has 3 rings (SSSR count). The maximum atomic E-state index is 14.5. The Bertz CT molecular complexity index is 1380.